The average Bonchev–Trinajstić information content (AvgIpc) is 2.82. The van der Waals surface area contributed by atoms with E-state index in [1.165, 1.54) is 27.6 Å². The molecule has 0 aliphatic carbocycles. The standard InChI is InChI=1S/C18H17ClN4O3/c1-12-17(18(26)23(21(12)2)14-6-4-3-5-7-14)20-15(24)11-22-10-13(19)8-9-16(22)25/h3-10H,11H2,1-2H3,(H,20,24). The molecule has 3 rings (SSSR count). The summed E-state index contributed by atoms with van der Waals surface area (Å²) in [4.78, 5) is 36.9. The summed E-state index contributed by atoms with van der Waals surface area (Å²) in [6.45, 7) is 1.50. The zero-order valence-electron chi connectivity index (χ0n) is 14.3. The van der Waals surface area contributed by atoms with Crippen molar-refractivity contribution in [3.63, 3.8) is 0 Å². The van der Waals surface area contributed by atoms with Crippen molar-refractivity contribution < 1.29 is 4.79 Å². The Morgan fingerprint density at radius 3 is 2.50 bits per heavy atom. The summed E-state index contributed by atoms with van der Waals surface area (Å²) in [6.07, 6.45) is 1.38. The first-order chi connectivity index (χ1) is 12.4. The number of nitrogens with zero attached hydrogens (tertiary/aromatic N) is 3. The number of para-hydroxylation sites is 1. The Hall–Kier alpha value is -3.06. The third-order valence-electron chi connectivity index (χ3n) is 4.08. The summed E-state index contributed by atoms with van der Waals surface area (Å²) >= 11 is 5.85. The minimum Gasteiger partial charge on any atom is -0.318 e. The molecule has 0 aliphatic heterocycles. The van der Waals surface area contributed by atoms with Crippen LogP contribution >= 0.6 is 11.6 Å². The third kappa shape index (κ3) is 3.34. The lowest BCUT2D eigenvalue weighted by molar-refractivity contribution is -0.116. The van der Waals surface area contributed by atoms with E-state index in [0.29, 0.717) is 16.4 Å². The molecule has 1 N–H and O–H groups in total. The van der Waals surface area contributed by atoms with Gasteiger partial charge in [-0.3, -0.25) is 19.1 Å². The summed E-state index contributed by atoms with van der Waals surface area (Å²) in [5, 5.41) is 2.96. The van der Waals surface area contributed by atoms with Crippen LogP contribution in [0.15, 0.2) is 58.3 Å². The number of nitrogens with one attached hydrogen (secondary N) is 1. The van der Waals surface area contributed by atoms with Crippen LogP contribution in [-0.2, 0) is 18.4 Å². The fraction of sp³-hybridized carbons (Fsp3) is 0.167. The van der Waals surface area contributed by atoms with Crippen molar-refractivity contribution in [2.45, 2.75) is 13.5 Å². The van der Waals surface area contributed by atoms with Gasteiger partial charge in [-0.2, -0.15) is 0 Å². The molecule has 26 heavy (non-hydrogen) atoms. The predicted octanol–water partition coefficient (Wildman–Crippen LogP) is 1.94. The molecule has 1 amide bonds. The molecule has 0 aliphatic rings. The van der Waals surface area contributed by atoms with Crippen molar-refractivity contribution in [2.75, 3.05) is 5.32 Å². The highest BCUT2D eigenvalue weighted by Gasteiger charge is 2.18. The van der Waals surface area contributed by atoms with Crippen LogP contribution in [0.25, 0.3) is 5.69 Å². The lowest BCUT2D eigenvalue weighted by atomic mass is 10.3. The number of aromatic nitrogens is 3. The van der Waals surface area contributed by atoms with Gasteiger partial charge < -0.3 is 9.88 Å². The molecule has 0 atom stereocenters. The van der Waals surface area contributed by atoms with Gasteiger partial charge in [0.15, 0.2) is 0 Å². The molecular weight excluding hydrogens is 356 g/mol. The maximum Gasteiger partial charge on any atom is 0.295 e. The van der Waals surface area contributed by atoms with E-state index in [2.05, 4.69) is 5.32 Å². The molecule has 0 radical (unpaired) electrons. The van der Waals surface area contributed by atoms with Crippen LogP contribution < -0.4 is 16.4 Å². The Morgan fingerprint density at radius 2 is 1.81 bits per heavy atom. The summed E-state index contributed by atoms with van der Waals surface area (Å²) in [5.74, 6) is -0.486. The molecule has 3 aromatic rings. The zero-order chi connectivity index (χ0) is 18.8. The first-order valence-electron chi connectivity index (χ1n) is 7.88. The summed E-state index contributed by atoms with van der Waals surface area (Å²) in [7, 11) is 1.74. The van der Waals surface area contributed by atoms with Crippen molar-refractivity contribution in [3.05, 3.63) is 80.1 Å². The molecule has 0 unspecified atom stereocenters. The maximum absolute atomic E-state index is 12.8. The fourth-order valence-corrected chi connectivity index (χ4v) is 2.85. The second-order valence-electron chi connectivity index (χ2n) is 5.80. The maximum atomic E-state index is 12.8. The van der Waals surface area contributed by atoms with Gasteiger partial charge in [0.05, 0.1) is 16.4 Å². The molecule has 0 spiro atoms. The molecule has 2 aromatic heterocycles. The SMILES string of the molecule is Cc1c(NC(=O)Cn2cc(Cl)ccc2=O)c(=O)n(-c2ccccc2)n1C. The summed E-state index contributed by atoms with van der Waals surface area (Å²) in [6, 6.07) is 11.9. The number of halogens is 1. The quantitative estimate of drug-likeness (QED) is 0.760. The van der Waals surface area contributed by atoms with Gasteiger partial charge in [-0.25, -0.2) is 4.68 Å². The second kappa shape index (κ2) is 7.05. The third-order valence-corrected chi connectivity index (χ3v) is 4.30. The first kappa shape index (κ1) is 17.8. The molecular formula is C18H17ClN4O3. The van der Waals surface area contributed by atoms with Crippen LogP contribution in [0.5, 0.6) is 0 Å². The first-order valence-corrected chi connectivity index (χ1v) is 8.26. The number of hydrogen-bond acceptors (Lipinski definition) is 3. The van der Waals surface area contributed by atoms with Crippen LogP contribution in [0.1, 0.15) is 5.69 Å². The number of carbonyl (C=O) groups excluding carboxylic acids is 1. The van der Waals surface area contributed by atoms with Gasteiger partial charge in [0.2, 0.25) is 5.91 Å². The summed E-state index contributed by atoms with van der Waals surface area (Å²) in [5.41, 5.74) is 0.774. The van der Waals surface area contributed by atoms with E-state index in [4.69, 9.17) is 11.6 Å². The average molecular weight is 373 g/mol. The molecule has 0 saturated carbocycles. The molecule has 8 heteroatoms. The van der Waals surface area contributed by atoms with Gasteiger partial charge in [-0.05, 0) is 25.1 Å². The van der Waals surface area contributed by atoms with Gasteiger partial charge in [-0.1, -0.05) is 29.8 Å². The Labute approximate surface area is 154 Å². The van der Waals surface area contributed by atoms with Gasteiger partial charge in [0.1, 0.15) is 12.2 Å². The minimum atomic E-state index is -0.486. The molecule has 134 valence electrons. The van der Waals surface area contributed by atoms with Crippen molar-refractivity contribution in [1.29, 1.82) is 0 Å². The van der Waals surface area contributed by atoms with Gasteiger partial charge >= 0.3 is 0 Å². The van der Waals surface area contributed by atoms with Crippen LogP contribution in [0.2, 0.25) is 5.02 Å². The Morgan fingerprint density at radius 1 is 1.12 bits per heavy atom. The normalized spacial score (nSPS) is 10.7. The zero-order valence-corrected chi connectivity index (χ0v) is 15.0. The largest absolute Gasteiger partial charge is 0.318 e. The molecule has 2 heterocycles. The van der Waals surface area contributed by atoms with Crippen LogP contribution in [0.4, 0.5) is 5.69 Å². The Bertz CT molecular complexity index is 1080. The minimum absolute atomic E-state index is 0.177. The predicted molar refractivity (Wildman–Crippen MR) is 100 cm³/mol. The van der Waals surface area contributed by atoms with E-state index in [0.717, 1.165) is 0 Å². The van der Waals surface area contributed by atoms with E-state index < -0.39 is 5.91 Å². The number of carbonyl (C=O) groups is 1. The van der Waals surface area contributed by atoms with Crippen LogP contribution in [-0.4, -0.2) is 19.8 Å². The van der Waals surface area contributed by atoms with Crippen molar-refractivity contribution in [3.8, 4) is 5.69 Å². The number of rotatable bonds is 4. The number of amides is 1. The lowest BCUT2D eigenvalue weighted by Crippen LogP contribution is -2.28. The van der Waals surface area contributed by atoms with E-state index in [1.54, 1.807) is 30.8 Å². The van der Waals surface area contributed by atoms with E-state index in [-0.39, 0.29) is 23.4 Å². The smallest absolute Gasteiger partial charge is 0.295 e. The van der Waals surface area contributed by atoms with Gasteiger partial charge in [0, 0.05) is 19.3 Å². The topological polar surface area (TPSA) is 78.0 Å². The molecule has 0 fully saturated rings. The summed E-state index contributed by atoms with van der Waals surface area (Å²) < 4.78 is 4.32. The Balaban J connectivity index is 1.91. The van der Waals surface area contributed by atoms with Crippen LogP contribution in [0.3, 0.4) is 0 Å². The monoisotopic (exact) mass is 372 g/mol. The van der Waals surface area contributed by atoms with Crippen molar-refractivity contribution in [1.82, 2.24) is 13.9 Å². The van der Waals surface area contributed by atoms with Crippen molar-refractivity contribution >= 4 is 23.2 Å². The fourth-order valence-electron chi connectivity index (χ4n) is 2.67. The number of benzene rings is 1. The van der Waals surface area contributed by atoms with Gasteiger partial charge in [0.25, 0.3) is 11.1 Å². The number of pyridine rings is 1. The number of hydrogen-bond donors (Lipinski definition) is 1. The van der Waals surface area contributed by atoms with E-state index in [1.807, 2.05) is 18.2 Å². The second-order valence-corrected chi connectivity index (χ2v) is 6.23. The molecule has 0 saturated heterocycles. The van der Waals surface area contributed by atoms with Crippen LogP contribution in [0, 0.1) is 6.92 Å². The van der Waals surface area contributed by atoms with Crippen molar-refractivity contribution in [2.24, 2.45) is 7.05 Å². The molecule has 7 nitrogen and oxygen atoms in total. The molecule has 1 aromatic carbocycles. The van der Waals surface area contributed by atoms with E-state index >= 15 is 0 Å². The Kier molecular flexibility index (Phi) is 4.81. The van der Waals surface area contributed by atoms with E-state index in [9.17, 15) is 14.4 Å². The number of anilines is 1. The van der Waals surface area contributed by atoms with Gasteiger partial charge in [-0.15, -0.1) is 0 Å². The molecule has 0 bridgehead atoms. The lowest BCUT2D eigenvalue weighted by Gasteiger charge is -2.07. The highest BCUT2D eigenvalue weighted by atomic mass is 35.5. The highest BCUT2D eigenvalue weighted by Crippen LogP contribution is 2.14. The highest BCUT2D eigenvalue weighted by molar-refractivity contribution is 6.30.